The van der Waals surface area contributed by atoms with Crippen LogP contribution in [0.15, 0.2) is 89.7 Å². The summed E-state index contributed by atoms with van der Waals surface area (Å²) in [5.74, 6) is -0.501. The first kappa shape index (κ1) is 22.7. The number of amides is 1. The molecule has 5 nitrogen and oxygen atoms in total. The van der Waals surface area contributed by atoms with E-state index in [1.165, 1.54) is 23.5 Å². The van der Waals surface area contributed by atoms with E-state index in [0.717, 1.165) is 37.6 Å². The van der Waals surface area contributed by atoms with Crippen molar-refractivity contribution in [3.8, 4) is 22.4 Å². The van der Waals surface area contributed by atoms with Gasteiger partial charge in [-0.2, -0.15) is 0 Å². The highest BCUT2D eigenvalue weighted by Crippen LogP contribution is 2.33. The Morgan fingerprint density at radius 2 is 1.71 bits per heavy atom. The third-order valence-electron chi connectivity index (χ3n) is 5.75. The van der Waals surface area contributed by atoms with Gasteiger partial charge >= 0.3 is 0 Å². The Kier molecular flexibility index (Phi) is 6.25. The molecule has 0 spiro atoms. The van der Waals surface area contributed by atoms with Crippen LogP contribution in [-0.4, -0.2) is 15.5 Å². The average molecular weight is 484 g/mol. The predicted octanol–water partition coefficient (Wildman–Crippen LogP) is 6.33. The molecule has 0 fully saturated rings. The number of halogens is 1. The van der Waals surface area contributed by atoms with Crippen LogP contribution in [0.2, 0.25) is 0 Å². The van der Waals surface area contributed by atoms with Gasteiger partial charge < -0.3 is 5.32 Å². The van der Waals surface area contributed by atoms with Crippen LogP contribution in [0.4, 0.5) is 10.1 Å². The van der Waals surface area contributed by atoms with Gasteiger partial charge in [0.05, 0.1) is 22.5 Å². The fourth-order valence-corrected chi connectivity index (χ4v) is 5.07. The molecular formula is C28H22FN3O2S. The Labute approximate surface area is 205 Å². The third-order valence-corrected chi connectivity index (χ3v) is 6.84. The number of pyridine rings is 1. The highest BCUT2D eigenvalue weighted by molar-refractivity contribution is 7.19. The van der Waals surface area contributed by atoms with Crippen LogP contribution < -0.4 is 10.9 Å². The van der Waals surface area contributed by atoms with Crippen molar-refractivity contribution < 1.29 is 9.18 Å². The van der Waals surface area contributed by atoms with Gasteiger partial charge in [0.25, 0.3) is 5.56 Å². The number of anilines is 1. The molecule has 2 aromatic heterocycles. The smallest absolute Gasteiger partial charge is 0.275 e. The van der Waals surface area contributed by atoms with Crippen LogP contribution >= 0.6 is 11.3 Å². The number of hydrogen-bond donors (Lipinski definition) is 1. The van der Waals surface area contributed by atoms with Crippen molar-refractivity contribution in [3.63, 3.8) is 0 Å². The van der Waals surface area contributed by atoms with Crippen LogP contribution in [0.3, 0.4) is 0 Å². The minimum Gasteiger partial charge on any atom is -0.321 e. The van der Waals surface area contributed by atoms with Crippen molar-refractivity contribution in [2.24, 2.45) is 0 Å². The molecule has 3 aromatic carbocycles. The number of thiazole rings is 1. The van der Waals surface area contributed by atoms with Gasteiger partial charge in [0.15, 0.2) is 0 Å². The fraction of sp³-hybridized carbons (Fsp3) is 0.107. The maximum atomic E-state index is 13.4. The lowest BCUT2D eigenvalue weighted by Crippen LogP contribution is -2.27. The van der Waals surface area contributed by atoms with E-state index < -0.39 is 0 Å². The monoisotopic (exact) mass is 483 g/mol. The largest absolute Gasteiger partial charge is 0.321 e. The first-order valence-corrected chi connectivity index (χ1v) is 12.1. The second-order valence-corrected chi connectivity index (χ2v) is 9.14. The summed E-state index contributed by atoms with van der Waals surface area (Å²) in [6.07, 6.45) is 0.282. The zero-order valence-electron chi connectivity index (χ0n) is 19.0. The van der Waals surface area contributed by atoms with E-state index in [1.54, 1.807) is 29.7 Å². The van der Waals surface area contributed by atoms with E-state index in [0.29, 0.717) is 0 Å². The molecule has 35 heavy (non-hydrogen) atoms. The van der Waals surface area contributed by atoms with E-state index in [9.17, 15) is 14.0 Å². The SMILES string of the molecule is CCC(=O)Nc1ccc(-c2ccccc2)n(Cc2nc3cccc(-c4ccc(F)cc4)c3s2)c1=O. The fourth-order valence-electron chi connectivity index (χ4n) is 3.98. The quantitative estimate of drug-likeness (QED) is 0.307. The zero-order chi connectivity index (χ0) is 24.4. The van der Waals surface area contributed by atoms with Crippen LogP contribution in [0.25, 0.3) is 32.6 Å². The van der Waals surface area contributed by atoms with Gasteiger partial charge in [-0.1, -0.05) is 61.5 Å². The standard InChI is InChI=1S/C28H22FN3O2S/c1-2-25(33)30-23-15-16-24(19-7-4-3-5-8-19)32(28(23)34)17-26-31-22-10-6-9-21(27(22)35-26)18-11-13-20(29)14-12-18/h3-16H,2,17H2,1H3,(H,30,33). The summed E-state index contributed by atoms with van der Waals surface area (Å²) < 4.78 is 16.1. The number of aromatic nitrogens is 2. The molecule has 0 atom stereocenters. The Bertz CT molecular complexity index is 1570. The van der Waals surface area contributed by atoms with Gasteiger partial charge in [0.1, 0.15) is 16.5 Å². The second kappa shape index (κ2) is 9.64. The number of nitrogens with one attached hydrogen (secondary N) is 1. The Balaban J connectivity index is 1.60. The number of benzene rings is 3. The van der Waals surface area contributed by atoms with E-state index >= 15 is 0 Å². The van der Waals surface area contributed by atoms with Gasteiger partial charge in [-0.15, -0.1) is 11.3 Å². The molecule has 0 aliphatic rings. The molecule has 5 rings (SSSR count). The van der Waals surface area contributed by atoms with Crippen molar-refractivity contribution in [2.75, 3.05) is 5.32 Å². The molecule has 1 N–H and O–H groups in total. The first-order valence-electron chi connectivity index (χ1n) is 11.3. The third kappa shape index (κ3) is 4.63. The Morgan fingerprint density at radius 1 is 0.943 bits per heavy atom. The lowest BCUT2D eigenvalue weighted by atomic mass is 10.1. The molecule has 174 valence electrons. The highest BCUT2D eigenvalue weighted by atomic mass is 32.1. The molecule has 0 aliphatic carbocycles. The predicted molar refractivity (Wildman–Crippen MR) is 139 cm³/mol. The molecule has 0 saturated carbocycles. The lowest BCUT2D eigenvalue weighted by molar-refractivity contribution is -0.115. The Morgan fingerprint density at radius 3 is 2.46 bits per heavy atom. The van der Waals surface area contributed by atoms with Crippen molar-refractivity contribution in [1.29, 1.82) is 0 Å². The normalized spacial score (nSPS) is 11.0. The molecule has 0 radical (unpaired) electrons. The van der Waals surface area contributed by atoms with E-state index in [4.69, 9.17) is 4.98 Å². The first-order chi connectivity index (χ1) is 17.0. The van der Waals surface area contributed by atoms with E-state index in [-0.39, 0.29) is 35.9 Å². The number of rotatable bonds is 6. The summed E-state index contributed by atoms with van der Waals surface area (Å²) in [5.41, 5.74) is 4.27. The summed E-state index contributed by atoms with van der Waals surface area (Å²) in [5, 5.41) is 3.46. The van der Waals surface area contributed by atoms with Crippen molar-refractivity contribution in [3.05, 3.63) is 106 Å². The van der Waals surface area contributed by atoms with Crippen LogP contribution in [0.5, 0.6) is 0 Å². The summed E-state index contributed by atoms with van der Waals surface area (Å²) in [6.45, 7) is 1.99. The average Bonchev–Trinajstić information content (AvgIpc) is 3.30. The minimum absolute atomic E-state index is 0.218. The van der Waals surface area contributed by atoms with Gasteiger partial charge in [0.2, 0.25) is 5.91 Å². The van der Waals surface area contributed by atoms with E-state index in [2.05, 4.69) is 5.32 Å². The highest BCUT2D eigenvalue weighted by Gasteiger charge is 2.16. The zero-order valence-corrected chi connectivity index (χ0v) is 19.8. The summed E-state index contributed by atoms with van der Waals surface area (Å²) in [4.78, 5) is 30.2. The topological polar surface area (TPSA) is 64.0 Å². The van der Waals surface area contributed by atoms with Crippen molar-refractivity contribution in [1.82, 2.24) is 9.55 Å². The molecule has 0 unspecified atom stereocenters. The van der Waals surface area contributed by atoms with Gasteiger partial charge in [-0.25, -0.2) is 9.37 Å². The van der Waals surface area contributed by atoms with Crippen LogP contribution in [0, 0.1) is 5.82 Å². The molecule has 7 heteroatoms. The number of nitrogens with zero attached hydrogens (tertiary/aromatic N) is 2. The van der Waals surface area contributed by atoms with Crippen molar-refractivity contribution >= 4 is 33.1 Å². The number of fused-ring (bicyclic) bond motifs is 1. The van der Waals surface area contributed by atoms with Gasteiger partial charge in [-0.05, 0) is 41.5 Å². The summed E-state index contributed by atoms with van der Waals surface area (Å²) in [7, 11) is 0. The number of carbonyl (C=O) groups is 1. The van der Waals surface area contributed by atoms with Crippen molar-refractivity contribution in [2.45, 2.75) is 19.9 Å². The summed E-state index contributed by atoms with van der Waals surface area (Å²) in [6, 6.07) is 25.4. The molecule has 2 heterocycles. The Hall–Kier alpha value is -4.10. The minimum atomic E-state index is -0.286. The lowest BCUT2D eigenvalue weighted by Gasteiger charge is -2.14. The molecule has 0 bridgehead atoms. The van der Waals surface area contributed by atoms with Crippen LogP contribution in [0.1, 0.15) is 18.4 Å². The van der Waals surface area contributed by atoms with E-state index in [1.807, 2.05) is 54.6 Å². The molecule has 0 saturated heterocycles. The maximum absolute atomic E-state index is 13.4. The second-order valence-electron chi connectivity index (χ2n) is 8.06. The van der Waals surface area contributed by atoms with Crippen LogP contribution in [-0.2, 0) is 11.3 Å². The number of hydrogen-bond acceptors (Lipinski definition) is 4. The maximum Gasteiger partial charge on any atom is 0.275 e. The number of carbonyl (C=O) groups excluding carboxylic acids is 1. The van der Waals surface area contributed by atoms with Gasteiger partial charge in [0, 0.05) is 12.0 Å². The molecule has 0 aliphatic heterocycles. The molecule has 5 aromatic rings. The van der Waals surface area contributed by atoms with Gasteiger partial charge in [-0.3, -0.25) is 14.2 Å². The molecule has 1 amide bonds. The molecular weight excluding hydrogens is 461 g/mol. The summed E-state index contributed by atoms with van der Waals surface area (Å²) >= 11 is 1.50.